The van der Waals surface area contributed by atoms with Gasteiger partial charge in [0, 0.05) is 25.8 Å². The van der Waals surface area contributed by atoms with E-state index in [4.69, 9.17) is 9.47 Å². The van der Waals surface area contributed by atoms with Gasteiger partial charge in [0.05, 0.1) is 18.8 Å². The highest BCUT2D eigenvalue weighted by atomic mass is 32.2. The van der Waals surface area contributed by atoms with Crippen molar-refractivity contribution in [1.82, 2.24) is 14.6 Å². The quantitative estimate of drug-likeness (QED) is 0.526. The van der Waals surface area contributed by atoms with E-state index in [1.54, 1.807) is 0 Å². The Morgan fingerprint density at radius 2 is 1.91 bits per heavy atom. The summed E-state index contributed by atoms with van der Waals surface area (Å²) >= 11 is 0. The largest absolute Gasteiger partial charge is 0.491 e. The van der Waals surface area contributed by atoms with Gasteiger partial charge in [-0.25, -0.2) is 8.42 Å². The van der Waals surface area contributed by atoms with Crippen LogP contribution in [-0.4, -0.2) is 74.3 Å². The SMILES string of the molecule is O=C(NCC(O)COc1ccc(C(F)(F)F)cc1)c1cc(S(=O)(=O)N2CCOCC2)c[nH]1. The average molecular weight is 477 g/mol. The minimum atomic E-state index is -4.46. The summed E-state index contributed by atoms with van der Waals surface area (Å²) in [7, 11) is -3.76. The zero-order valence-electron chi connectivity index (χ0n) is 16.8. The molecule has 1 aliphatic heterocycles. The summed E-state index contributed by atoms with van der Waals surface area (Å²) in [6, 6.07) is 5.17. The average Bonchev–Trinajstić information content (AvgIpc) is 3.28. The molecule has 2 aromatic rings. The fourth-order valence-corrected chi connectivity index (χ4v) is 4.29. The van der Waals surface area contributed by atoms with E-state index >= 15 is 0 Å². The number of benzene rings is 1. The van der Waals surface area contributed by atoms with Crippen molar-refractivity contribution in [1.29, 1.82) is 0 Å². The Labute approximate surface area is 182 Å². The van der Waals surface area contributed by atoms with Gasteiger partial charge in [0.1, 0.15) is 29.0 Å². The predicted molar refractivity (Wildman–Crippen MR) is 106 cm³/mol. The van der Waals surface area contributed by atoms with Gasteiger partial charge >= 0.3 is 6.18 Å². The lowest BCUT2D eigenvalue weighted by Crippen LogP contribution is -2.40. The molecule has 0 spiro atoms. The Kier molecular flexibility index (Phi) is 7.44. The van der Waals surface area contributed by atoms with Gasteiger partial charge in [0.2, 0.25) is 10.0 Å². The monoisotopic (exact) mass is 477 g/mol. The lowest BCUT2D eigenvalue weighted by molar-refractivity contribution is -0.137. The van der Waals surface area contributed by atoms with E-state index < -0.39 is 33.8 Å². The number of halogens is 3. The summed E-state index contributed by atoms with van der Waals surface area (Å²) in [6.45, 7) is 0.546. The Morgan fingerprint density at radius 1 is 1.25 bits per heavy atom. The van der Waals surface area contributed by atoms with Crippen LogP contribution in [0.4, 0.5) is 13.2 Å². The molecule has 3 N–H and O–H groups in total. The first-order valence-corrected chi connectivity index (χ1v) is 11.0. The summed E-state index contributed by atoms with van der Waals surface area (Å²) in [5.74, 6) is -0.507. The van der Waals surface area contributed by atoms with Crippen molar-refractivity contribution in [3.8, 4) is 5.75 Å². The van der Waals surface area contributed by atoms with Crippen LogP contribution in [0.1, 0.15) is 16.1 Å². The third kappa shape index (κ3) is 6.00. The number of amides is 1. The normalized spacial score (nSPS) is 16.5. The molecule has 1 fully saturated rings. The lowest BCUT2D eigenvalue weighted by atomic mass is 10.2. The van der Waals surface area contributed by atoms with Crippen LogP contribution >= 0.6 is 0 Å². The maximum atomic E-state index is 12.6. The standard InChI is InChI=1S/C19H22F3N3O6S/c20-19(21,22)13-1-3-15(4-2-13)31-12-14(26)10-24-18(27)17-9-16(11-23-17)32(28,29)25-5-7-30-8-6-25/h1-4,9,11,14,23,26H,5-8,10,12H2,(H,24,27). The van der Waals surface area contributed by atoms with Crippen molar-refractivity contribution in [3.63, 3.8) is 0 Å². The molecule has 2 heterocycles. The van der Waals surface area contributed by atoms with Crippen molar-refractivity contribution in [3.05, 3.63) is 47.8 Å². The smallest absolute Gasteiger partial charge is 0.416 e. The molecular weight excluding hydrogens is 455 g/mol. The summed E-state index contributed by atoms with van der Waals surface area (Å²) in [4.78, 5) is 14.8. The number of rotatable bonds is 8. The molecule has 1 aliphatic rings. The number of carbonyl (C=O) groups is 1. The van der Waals surface area contributed by atoms with Crippen LogP contribution in [0.3, 0.4) is 0 Å². The number of carbonyl (C=O) groups excluding carboxylic acids is 1. The predicted octanol–water partition coefficient (Wildman–Crippen LogP) is 1.22. The minimum absolute atomic E-state index is 0.00677. The highest BCUT2D eigenvalue weighted by Gasteiger charge is 2.30. The number of hydrogen-bond acceptors (Lipinski definition) is 6. The molecule has 9 nitrogen and oxygen atoms in total. The number of morpholine rings is 1. The van der Waals surface area contributed by atoms with Gasteiger partial charge in [-0.05, 0) is 30.3 Å². The van der Waals surface area contributed by atoms with Crippen LogP contribution in [-0.2, 0) is 20.9 Å². The van der Waals surface area contributed by atoms with E-state index in [1.807, 2.05) is 0 Å². The van der Waals surface area contributed by atoms with Crippen LogP contribution in [0.2, 0.25) is 0 Å². The first-order valence-electron chi connectivity index (χ1n) is 9.60. The third-order valence-electron chi connectivity index (χ3n) is 4.63. The van der Waals surface area contributed by atoms with Gasteiger partial charge in [-0.15, -0.1) is 0 Å². The fourth-order valence-electron chi connectivity index (χ4n) is 2.89. The van der Waals surface area contributed by atoms with Crippen molar-refractivity contribution >= 4 is 15.9 Å². The van der Waals surface area contributed by atoms with Crippen molar-refractivity contribution in [2.24, 2.45) is 0 Å². The number of alkyl halides is 3. The first kappa shape index (κ1) is 24.0. The second-order valence-corrected chi connectivity index (χ2v) is 8.90. The van der Waals surface area contributed by atoms with Crippen LogP contribution in [0, 0.1) is 0 Å². The Bertz CT molecular complexity index is 1020. The molecule has 0 bridgehead atoms. The van der Waals surface area contributed by atoms with Gasteiger partial charge in [-0.2, -0.15) is 17.5 Å². The minimum Gasteiger partial charge on any atom is -0.491 e. The second-order valence-electron chi connectivity index (χ2n) is 6.96. The summed E-state index contributed by atoms with van der Waals surface area (Å²) < 4.78 is 74.4. The molecule has 1 amide bonds. The zero-order chi connectivity index (χ0) is 23.4. The molecule has 176 valence electrons. The van der Waals surface area contributed by atoms with Crippen LogP contribution < -0.4 is 10.1 Å². The molecule has 3 rings (SSSR count). The molecule has 1 atom stereocenters. The number of nitrogens with zero attached hydrogens (tertiary/aromatic N) is 1. The molecule has 1 aromatic heterocycles. The Morgan fingerprint density at radius 3 is 2.53 bits per heavy atom. The summed E-state index contributed by atoms with van der Waals surface area (Å²) in [6.07, 6.45) is -4.39. The van der Waals surface area contributed by atoms with E-state index in [0.29, 0.717) is 13.2 Å². The Balaban J connectivity index is 1.48. The highest BCUT2D eigenvalue weighted by Crippen LogP contribution is 2.30. The second kappa shape index (κ2) is 9.90. The van der Waals surface area contributed by atoms with E-state index in [9.17, 15) is 31.5 Å². The fraction of sp³-hybridized carbons (Fsp3) is 0.421. The van der Waals surface area contributed by atoms with Gasteiger partial charge in [0.25, 0.3) is 5.91 Å². The lowest BCUT2D eigenvalue weighted by Gasteiger charge is -2.25. The van der Waals surface area contributed by atoms with Gasteiger partial charge < -0.3 is 24.9 Å². The molecule has 1 saturated heterocycles. The molecule has 0 saturated carbocycles. The van der Waals surface area contributed by atoms with Gasteiger partial charge in [-0.3, -0.25) is 4.79 Å². The van der Waals surface area contributed by atoms with Crippen molar-refractivity contribution < 1.29 is 41.0 Å². The number of ether oxygens (including phenoxy) is 2. The van der Waals surface area contributed by atoms with E-state index in [0.717, 1.165) is 24.3 Å². The zero-order valence-corrected chi connectivity index (χ0v) is 17.6. The van der Waals surface area contributed by atoms with Crippen LogP contribution in [0.25, 0.3) is 0 Å². The molecule has 13 heteroatoms. The van der Waals surface area contributed by atoms with Gasteiger partial charge in [0.15, 0.2) is 0 Å². The molecule has 32 heavy (non-hydrogen) atoms. The van der Waals surface area contributed by atoms with Gasteiger partial charge in [-0.1, -0.05) is 0 Å². The number of aromatic amines is 1. The number of aliphatic hydroxyl groups excluding tert-OH is 1. The van der Waals surface area contributed by atoms with E-state index in [-0.39, 0.29) is 42.6 Å². The number of aliphatic hydroxyl groups is 1. The number of aromatic nitrogens is 1. The molecule has 1 aromatic carbocycles. The Hall–Kier alpha value is -2.61. The summed E-state index contributed by atoms with van der Waals surface area (Å²) in [5.41, 5.74) is -0.827. The maximum absolute atomic E-state index is 12.6. The first-order chi connectivity index (χ1) is 15.1. The number of hydrogen-bond donors (Lipinski definition) is 3. The maximum Gasteiger partial charge on any atom is 0.416 e. The molecule has 0 radical (unpaired) electrons. The number of sulfonamides is 1. The molecular formula is C19H22F3N3O6S. The van der Waals surface area contributed by atoms with E-state index in [1.165, 1.54) is 16.6 Å². The molecule has 0 aliphatic carbocycles. The molecule has 1 unspecified atom stereocenters. The van der Waals surface area contributed by atoms with Crippen molar-refractivity contribution in [2.75, 3.05) is 39.5 Å². The highest BCUT2D eigenvalue weighted by molar-refractivity contribution is 7.89. The third-order valence-corrected chi connectivity index (χ3v) is 6.51. The summed E-state index contributed by atoms with van der Waals surface area (Å²) in [5, 5.41) is 12.4. The van der Waals surface area contributed by atoms with Crippen LogP contribution in [0.5, 0.6) is 5.75 Å². The van der Waals surface area contributed by atoms with Crippen LogP contribution in [0.15, 0.2) is 41.4 Å². The topological polar surface area (TPSA) is 121 Å². The van der Waals surface area contributed by atoms with E-state index in [2.05, 4.69) is 10.3 Å². The number of H-pyrrole nitrogens is 1. The number of nitrogens with one attached hydrogen (secondary N) is 2. The van der Waals surface area contributed by atoms with Crippen molar-refractivity contribution in [2.45, 2.75) is 17.2 Å².